The van der Waals surface area contributed by atoms with Crippen molar-refractivity contribution < 1.29 is 9.53 Å². The van der Waals surface area contributed by atoms with Gasteiger partial charge >= 0.3 is 6.03 Å². The van der Waals surface area contributed by atoms with Crippen LogP contribution in [-0.4, -0.2) is 50.2 Å². The monoisotopic (exact) mass is 294 g/mol. The number of fused-ring (bicyclic) bond motifs is 1. The Balaban J connectivity index is 1.89. The molecular weight excluding hydrogens is 276 g/mol. The molecule has 0 saturated heterocycles. The van der Waals surface area contributed by atoms with Gasteiger partial charge in [-0.1, -0.05) is 11.3 Å². The fourth-order valence-corrected chi connectivity index (χ4v) is 2.52. The largest absolute Gasteiger partial charge is 0.497 e. The van der Waals surface area contributed by atoms with E-state index in [-0.39, 0.29) is 6.03 Å². The Morgan fingerprint density at radius 3 is 2.90 bits per heavy atom. The predicted molar refractivity (Wildman–Crippen MR) is 81.7 cm³/mol. The number of aromatic nitrogens is 1. The lowest BCUT2D eigenvalue weighted by molar-refractivity contribution is 0.218. The van der Waals surface area contributed by atoms with E-state index in [1.54, 1.807) is 32.5 Å². The lowest BCUT2D eigenvalue weighted by Crippen LogP contribution is -2.37. The van der Waals surface area contributed by atoms with E-state index in [9.17, 15) is 4.79 Å². The third-order valence-corrected chi connectivity index (χ3v) is 3.66. The first-order valence-corrected chi connectivity index (χ1v) is 7.05. The summed E-state index contributed by atoms with van der Waals surface area (Å²) in [6.07, 6.45) is 0. The summed E-state index contributed by atoms with van der Waals surface area (Å²) in [5.41, 5.74) is 0.940. The summed E-state index contributed by atoms with van der Waals surface area (Å²) in [6, 6.07) is 5.69. The second kappa shape index (κ2) is 6.42. The third kappa shape index (κ3) is 3.51. The first kappa shape index (κ1) is 14.4. The van der Waals surface area contributed by atoms with Gasteiger partial charge in [0.25, 0.3) is 0 Å². The maximum Gasteiger partial charge on any atom is 0.316 e. The van der Waals surface area contributed by atoms with E-state index in [2.05, 4.69) is 15.6 Å². The second-order valence-corrected chi connectivity index (χ2v) is 5.44. The molecule has 0 aliphatic heterocycles. The Hall–Kier alpha value is -2.02. The number of amides is 2. The number of nitrogens with zero attached hydrogens (tertiary/aromatic N) is 2. The Morgan fingerprint density at radius 1 is 1.40 bits per heavy atom. The first-order valence-electron chi connectivity index (χ1n) is 6.24. The van der Waals surface area contributed by atoms with Crippen LogP contribution < -0.4 is 15.4 Å². The third-order valence-electron chi connectivity index (χ3n) is 2.68. The normalized spacial score (nSPS) is 10.3. The minimum absolute atomic E-state index is 0.0964. The summed E-state index contributed by atoms with van der Waals surface area (Å²) in [5, 5.41) is 6.83. The molecule has 0 aliphatic rings. The van der Waals surface area contributed by atoms with Crippen molar-refractivity contribution >= 4 is 32.7 Å². The van der Waals surface area contributed by atoms with Gasteiger partial charge in [0.2, 0.25) is 0 Å². The van der Waals surface area contributed by atoms with Crippen molar-refractivity contribution in [3.63, 3.8) is 0 Å². The molecule has 0 fully saturated rings. The number of rotatable bonds is 5. The molecule has 20 heavy (non-hydrogen) atoms. The molecule has 1 aromatic carbocycles. The first-order chi connectivity index (χ1) is 9.60. The molecule has 0 bridgehead atoms. The molecule has 0 unspecified atom stereocenters. The standard InChI is InChI=1S/C13H18N4O2S/c1-17(2)13(18)15-7-6-14-12-16-10-5-4-9(19-3)8-11(10)20-12/h4-5,8H,6-7H2,1-3H3,(H,14,16)(H,15,18). The number of nitrogens with one attached hydrogen (secondary N) is 2. The van der Waals surface area contributed by atoms with Crippen LogP contribution >= 0.6 is 11.3 Å². The molecule has 108 valence electrons. The minimum atomic E-state index is -0.0964. The lowest BCUT2D eigenvalue weighted by atomic mass is 10.3. The van der Waals surface area contributed by atoms with E-state index in [4.69, 9.17) is 4.74 Å². The van der Waals surface area contributed by atoms with Crippen molar-refractivity contribution in [2.24, 2.45) is 0 Å². The van der Waals surface area contributed by atoms with Crippen molar-refractivity contribution in [1.82, 2.24) is 15.2 Å². The van der Waals surface area contributed by atoms with Crippen molar-refractivity contribution in [2.45, 2.75) is 0 Å². The van der Waals surface area contributed by atoms with Crippen LogP contribution in [0.15, 0.2) is 18.2 Å². The van der Waals surface area contributed by atoms with Crippen LogP contribution in [0.3, 0.4) is 0 Å². The highest BCUT2D eigenvalue weighted by molar-refractivity contribution is 7.22. The number of thiazole rings is 1. The van der Waals surface area contributed by atoms with Crippen LogP contribution in [0, 0.1) is 0 Å². The van der Waals surface area contributed by atoms with Crippen molar-refractivity contribution in [1.29, 1.82) is 0 Å². The molecule has 7 heteroatoms. The predicted octanol–water partition coefficient (Wildman–Crippen LogP) is 1.99. The minimum Gasteiger partial charge on any atom is -0.497 e. The highest BCUT2D eigenvalue weighted by Gasteiger charge is 2.05. The van der Waals surface area contributed by atoms with E-state index in [1.807, 2.05) is 18.2 Å². The maximum absolute atomic E-state index is 11.3. The van der Waals surface area contributed by atoms with Gasteiger partial charge < -0.3 is 20.3 Å². The molecule has 0 atom stereocenters. The molecule has 2 N–H and O–H groups in total. The van der Waals surface area contributed by atoms with E-state index in [0.29, 0.717) is 13.1 Å². The van der Waals surface area contributed by atoms with Gasteiger partial charge in [0.1, 0.15) is 5.75 Å². The number of hydrogen-bond acceptors (Lipinski definition) is 5. The van der Waals surface area contributed by atoms with Crippen LogP contribution in [-0.2, 0) is 0 Å². The SMILES string of the molecule is COc1ccc2nc(NCCNC(=O)N(C)C)sc2c1. The quantitative estimate of drug-likeness (QED) is 0.828. The van der Waals surface area contributed by atoms with Gasteiger partial charge in [0, 0.05) is 27.2 Å². The highest BCUT2D eigenvalue weighted by Crippen LogP contribution is 2.28. The number of ether oxygens (including phenoxy) is 1. The van der Waals surface area contributed by atoms with Gasteiger partial charge in [0.05, 0.1) is 17.3 Å². The van der Waals surface area contributed by atoms with Gasteiger partial charge in [-0.25, -0.2) is 9.78 Å². The summed E-state index contributed by atoms with van der Waals surface area (Å²) in [5.74, 6) is 0.825. The summed E-state index contributed by atoms with van der Waals surface area (Å²) in [7, 11) is 5.07. The molecular formula is C13H18N4O2S. The number of benzene rings is 1. The van der Waals surface area contributed by atoms with Crippen molar-refractivity contribution in [2.75, 3.05) is 39.6 Å². The average molecular weight is 294 g/mol. The molecule has 2 rings (SSSR count). The molecule has 0 radical (unpaired) electrons. The number of urea groups is 1. The van der Waals surface area contributed by atoms with Gasteiger partial charge in [-0.3, -0.25) is 0 Å². The van der Waals surface area contributed by atoms with Crippen LogP contribution in [0.5, 0.6) is 5.75 Å². The van der Waals surface area contributed by atoms with Gasteiger partial charge in [0.15, 0.2) is 5.13 Å². The maximum atomic E-state index is 11.3. The number of carbonyl (C=O) groups excluding carboxylic acids is 1. The summed E-state index contributed by atoms with van der Waals surface area (Å²) < 4.78 is 6.26. The molecule has 0 aliphatic carbocycles. The zero-order chi connectivity index (χ0) is 14.5. The molecule has 2 aromatic rings. The number of carbonyl (C=O) groups is 1. The number of hydrogen-bond donors (Lipinski definition) is 2. The Morgan fingerprint density at radius 2 is 2.20 bits per heavy atom. The van der Waals surface area contributed by atoms with E-state index < -0.39 is 0 Å². The zero-order valence-electron chi connectivity index (χ0n) is 11.8. The Kier molecular flexibility index (Phi) is 4.62. The van der Waals surface area contributed by atoms with Gasteiger partial charge in [-0.05, 0) is 18.2 Å². The van der Waals surface area contributed by atoms with Crippen LogP contribution in [0.1, 0.15) is 0 Å². The Labute approximate surface area is 121 Å². The summed E-state index contributed by atoms with van der Waals surface area (Å²) >= 11 is 1.57. The molecule has 1 heterocycles. The molecule has 2 amide bonds. The molecule has 1 aromatic heterocycles. The van der Waals surface area contributed by atoms with Crippen molar-refractivity contribution in [3.05, 3.63) is 18.2 Å². The van der Waals surface area contributed by atoms with E-state index in [0.717, 1.165) is 21.1 Å². The van der Waals surface area contributed by atoms with Gasteiger partial charge in [-0.15, -0.1) is 0 Å². The fourth-order valence-electron chi connectivity index (χ4n) is 1.60. The molecule has 6 nitrogen and oxygen atoms in total. The average Bonchev–Trinajstić information content (AvgIpc) is 2.84. The Bertz CT molecular complexity index is 597. The highest BCUT2D eigenvalue weighted by atomic mass is 32.1. The lowest BCUT2D eigenvalue weighted by Gasteiger charge is -2.11. The van der Waals surface area contributed by atoms with Gasteiger partial charge in [-0.2, -0.15) is 0 Å². The molecule has 0 saturated carbocycles. The summed E-state index contributed by atoms with van der Waals surface area (Å²) in [4.78, 5) is 17.3. The number of methoxy groups -OCH3 is 1. The van der Waals surface area contributed by atoms with E-state index >= 15 is 0 Å². The van der Waals surface area contributed by atoms with Crippen molar-refractivity contribution in [3.8, 4) is 5.75 Å². The molecule has 0 spiro atoms. The van der Waals surface area contributed by atoms with E-state index in [1.165, 1.54) is 4.90 Å². The van der Waals surface area contributed by atoms with Crippen LogP contribution in [0.2, 0.25) is 0 Å². The van der Waals surface area contributed by atoms with Crippen LogP contribution in [0.4, 0.5) is 9.93 Å². The fraction of sp³-hybridized carbons (Fsp3) is 0.385. The summed E-state index contributed by atoms with van der Waals surface area (Å²) in [6.45, 7) is 1.19. The topological polar surface area (TPSA) is 66.5 Å². The number of anilines is 1. The second-order valence-electron chi connectivity index (χ2n) is 4.41. The van der Waals surface area contributed by atoms with Crippen LogP contribution in [0.25, 0.3) is 10.2 Å². The smallest absolute Gasteiger partial charge is 0.316 e. The zero-order valence-corrected chi connectivity index (χ0v) is 12.6.